The van der Waals surface area contributed by atoms with E-state index in [9.17, 15) is 30.5 Å². The first-order chi connectivity index (χ1) is 18.0. The zero-order valence-electron chi connectivity index (χ0n) is 20.0. The smallest absolute Gasteiger partial charge is 0.271 e. The number of phenolic OH excluding ortho intramolecular Hbond substituents is 6. The fourth-order valence-electron chi connectivity index (χ4n) is 2.83. The molecule has 4 aromatic carbocycles. The SMILES string of the molecule is Cc1ccc(O)c(N=Nc2ccc(O)cc2O)c1.O=[N+]([O-])c1ccc(O)c(N=Nc2ccc(O)cc2O)c1.[Co]. The van der Waals surface area contributed by atoms with E-state index < -0.39 is 4.92 Å². The third kappa shape index (κ3) is 8.41. The molecule has 39 heavy (non-hydrogen) atoms. The number of azo groups is 2. The molecule has 0 saturated heterocycles. The third-order valence-corrected chi connectivity index (χ3v) is 4.75. The summed E-state index contributed by atoms with van der Waals surface area (Å²) >= 11 is 0. The van der Waals surface area contributed by atoms with Crippen molar-refractivity contribution in [3.63, 3.8) is 0 Å². The molecule has 0 heterocycles. The van der Waals surface area contributed by atoms with Crippen molar-refractivity contribution in [2.75, 3.05) is 0 Å². The molecule has 4 rings (SSSR count). The van der Waals surface area contributed by atoms with E-state index in [0.717, 1.165) is 29.8 Å². The predicted molar refractivity (Wildman–Crippen MR) is 136 cm³/mol. The summed E-state index contributed by atoms with van der Waals surface area (Å²) in [5, 5.41) is 82.0. The summed E-state index contributed by atoms with van der Waals surface area (Å²) in [6.07, 6.45) is 0. The number of aromatic hydroxyl groups is 6. The molecule has 0 atom stereocenters. The Balaban J connectivity index is 0.000000268. The molecule has 14 heteroatoms. The molecular formula is C25H21CoN5O8. The van der Waals surface area contributed by atoms with E-state index in [-0.39, 0.29) is 74.0 Å². The van der Waals surface area contributed by atoms with E-state index in [2.05, 4.69) is 20.5 Å². The number of nitro groups is 1. The molecule has 0 saturated carbocycles. The Bertz CT molecular complexity index is 1550. The first-order valence-corrected chi connectivity index (χ1v) is 10.7. The summed E-state index contributed by atoms with van der Waals surface area (Å²) in [6, 6.07) is 15.9. The molecule has 0 aliphatic rings. The topological polar surface area (TPSA) is 214 Å². The van der Waals surface area contributed by atoms with Crippen LogP contribution in [0.25, 0.3) is 0 Å². The number of hydrogen-bond acceptors (Lipinski definition) is 12. The first-order valence-electron chi connectivity index (χ1n) is 10.7. The second-order valence-corrected chi connectivity index (χ2v) is 7.67. The Hall–Kier alpha value is -5.21. The summed E-state index contributed by atoms with van der Waals surface area (Å²) in [5.74, 6) is -0.936. The number of nitrogens with zero attached hydrogens (tertiary/aromatic N) is 5. The molecule has 0 aromatic heterocycles. The molecule has 0 aliphatic heterocycles. The molecule has 4 aromatic rings. The van der Waals surface area contributed by atoms with Crippen LogP contribution >= 0.6 is 0 Å². The van der Waals surface area contributed by atoms with Gasteiger partial charge in [0.2, 0.25) is 0 Å². The number of aryl methyl sites for hydroxylation is 1. The minimum Gasteiger partial charge on any atom is -0.508 e. The van der Waals surface area contributed by atoms with Crippen molar-refractivity contribution in [3.8, 4) is 34.5 Å². The van der Waals surface area contributed by atoms with Crippen LogP contribution in [0.1, 0.15) is 5.56 Å². The Morgan fingerprint density at radius 1 is 0.564 bits per heavy atom. The maximum atomic E-state index is 10.6. The Kier molecular flexibility index (Phi) is 10.3. The van der Waals surface area contributed by atoms with Crippen LogP contribution in [-0.4, -0.2) is 35.6 Å². The van der Waals surface area contributed by atoms with Crippen molar-refractivity contribution >= 4 is 28.4 Å². The van der Waals surface area contributed by atoms with Crippen LogP contribution < -0.4 is 0 Å². The standard InChI is InChI=1S/C13H12N2O3.C12H9N3O5.Co/c1-8-2-5-12(17)11(6-8)15-14-10-4-3-9(16)7-13(10)18;16-8-2-3-9(12(18)6-8)13-14-10-5-7(15(19)20)1-4-11(10)17;/h2-7,16-18H,1H3;1-6,16-18H;. The molecule has 0 aliphatic carbocycles. The van der Waals surface area contributed by atoms with Crippen molar-refractivity contribution in [2.45, 2.75) is 6.92 Å². The zero-order chi connectivity index (χ0) is 27.8. The fraction of sp³-hybridized carbons (Fsp3) is 0.0400. The van der Waals surface area contributed by atoms with Gasteiger partial charge in [-0.25, -0.2) is 0 Å². The van der Waals surface area contributed by atoms with Crippen LogP contribution in [0.5, 0.6) is 34.5 Å². The first kappa shape index (κ1) is 30.0. The zero-order valence-corrected chi connectivity index (χ0v) is 21.0. The monoisotopic (exact) mass is 578 g/mol. The van der Waals surface area contributed by atoms with Gasteiger partial charge in [0.1, 0.15) is 57.2 Å². The summed E-state index contributed by atoms with van der Waals surface area (Å²) in [6.45, 7) is 1.87. The molecule has 0 fully saturated rings. The van der Waals surface area contributed by atoms with Crippen molar-refractivity contribution < 1.29 is 52.3 Å². The molecule has 0 bridgehead atoms. The number of non-ortho nitro benzene ring substituents is 1. The Labute approximate surface area is 231 Å². The molecule has 6 N–H and O–H groups in total. The summed E-state index contributed by atoms with van der Waals surface area (Å²) < 4.78 is 0. The minimum absolute atomic E-state index is 0. The maximum Gasteiger partial charge on any atom is 0.271 e. The predicted octanol–water partition coefficient (Wildman–Crippen LogP) is 6.65. The van der Waals surface area contributed by atoms with Crippen molar-refractivity contribution in [2.24, 2.45) is 20.5 Å². The van der Waals surface area contributed by atoms with Crippen molar-refractivity contribution in [1.82, 2.24) is 0 Å². The molecule has 203 valence electrons. The van der Waals surface area contributed by atoms with E-state index in [0.29, 0.717) is 5.69 Å². The summed E-state index contributed by atoms with van der Waals surface area (Å²) in [4.78, 5) is 9.99. The van der Waals surface area contributed by atoms with Crippen LogP contribution in [0.4, 0.5) is 28.4 Å². The van der Waals surface area contributed by atoms with Crippen LogP contribution in [0.15, 0.2) is 93.3 Å². The van der Waals surface area contributed by atoms with Gasteiger partial charge in [0.05, 0.1) is 4.92 Å². The minimum atomic E-state index is -0.628. The van der Waals surface area contributed by atoms with Crippen molar-refractivity contribution in [1.29, 1.82) is 0 Å². The van der Waals surface area contributed by atoms with Crippen LogP contribution in [0.2, 0.25) is 0 Å². The van der Waals surface area contributed by atoms with Crippen LogP contribution in [0.3, 0.4) is 0 Å². The van der Waals surface area contributed by atoms with E-state index in [4.69, 9.17) is 10.2 Å². The quantitative estimate of drug-likeness (QED) is 0.0854. The summed E-state index contributed by atoms with van der Waals surface area (Å²) in [5.41, 5.74) is 1.18. The van der Waals surface area contributed by atoms with Crippen LogP contribution in [0, 0.1) is 17.0 Å². The normalized spacial score (nSPS) is 10.6. The Morgan fingerprint density at radius 2 is 1.00 bits per heavy atom. The van der Waals surface area contributed by atoms with Gasteiger partial charge < -0.3 is 30.6 Å². The van der Waals surface area contributed by atoms with Crippen LogP contribution in [-0.2, 0) is 16.8 Å². The number of benzene rings is 4. The number of hydrogen-bond donors (Lipinski definition) is 6. The van der Waals surface area contributed by atoms with E-state index in [1.165, 1.54) is 36.4 Å². The van der Waals surface area contributed by atoms with Gasteiger partial charge in [-0.2, -0.15) is 0 Å². The summed E-state index contributed by atoms with van der Waals surface area (Å²) in [7, 11) is 0. The average Bonchev–Trinajstić information content (AvgIpc) is 2.86. The fourth-order valence-corrected chi connectivity index (χ4v) is 2.83. The van der Waals surface area contributed by atoms with E-state index in [1.54, 1.807) is 12.1 Å². The van der Waals surface area contributed by atoms with Gasteiger partial charge in [-0.05, 0) is 55.0 Å². The Morgan fingerprint density at radius 3 is 1.46 bits per heavy atom. The van der Waals surface area contributed by atoms with E-state index in [1.807, 2.05) is 6.92 Å². The average molecular weight is 578 g/mol. The molecule has 13 nitrogen and oxygen atoms in total. The third-order valence-electron chi connectivity index (χ3n) is 4.75. The largest absolute Gasteiger partial charge is 0.508 e. The maximum absolute atomic E-state index is 10.6. The van der Waals surface area contributed by atoms with E-state index >= 15 is 0 Å². The van der Waals surface area contributed by atoms with Crippen molar-refractivity contribution in [3.05, 3.63) is 88.5 Å². The molecular weight excluding hydrogens is 557 g/mol. The van der Waals surface area contributed by atoms with Gasteiger partial charge in [0, 0.05) is 41.0 Å². The second kappa shape index (κ2) is 13.4. The van der Waals surface area contributed by atoms with Gasteiger partial charge in [-0.15, -0.1) is 20.5 Å². The molecule has 0 unspecified atom stereocenters. The second-order valence-electron chi connectivity index (χ2n) is 7.67. The number of phenols is 6. The molecule has 0 amide bonds. The number of rotatable bonds is 5. The molecule has 0 spiro atoms. The van der Waals surface area contributed by atoms with Gasteiger partial charge in [0.15, 0.2) is 0 Å². The number of nitro benzene ring substituents is 1. The van der Waals surface area contributed by atoms with Gasteiger partial charge in [0.25, 0.3) is 5.69 Å². The van der Waals surface area contributed by atoms with Gasteiger partial charge >= 0.3 is 0 Å². The molecule has 1 radical (unpaired) electrons. The van der Waals surface area contributed by atoms with Gasteiger partial charge in [-0.1, -0.05) is 6.07 Å². The van der Waals surface area contributed by atoms with Gasteiger partial charge in [-0.3, -0.25) is 10.1 Å².